The minimum atomic E-state index is -0.0543. The van der Waals surface area contributed by atoms with E-state index in [1.807, 2.05) is 84.5 Å². The van der Waals surface area contributed by atoms with Gasteiger partial charge in [-0.1, -0.05) is 115 Å². The molecule has 0 aliphatic heterocycles. The zero-order chi connectivity index (χ0) is 29.8. The van der Waals surface area contributed by atoms with Gasteiger partial charge in [-0.15, -0.1) is 0 Å². The summed E-state index contributed by atoms with van der Waals surface area (Å²) >= 11 is 0. The van der Waals surface area contributed by atoms with Gasteiger partial charge in [0.25, 0.3) is 5.69 Å². The lowest BCUT2D eigenvalue weighted by atomic mass is 10.0. The first-order valence-corrected chi connectivity index (χ1v) is 16.2. The Morgan fingerprint density at radius 3 is 1.90 bits per heavy atom. The Morgan fingerprint density at radius 1 is 0.714 bits per heavy atom. The van der Waals surface area contributed by atoms with Gasteiger partial charge >= 0.3 is 5.91 Å². The number of hydrogen-bond donors (Lipinski definition) is 0. The number of methoxy groups -OCH3 is 1. The van der Waals surface area contributed by atoms with Crippen molar-refractivity contribution in [3.05, 3.63) is 84.2 Å². The average Bonchev–Trinajstić information content (AvgIpc) is 3.02. The van der Waals surface area contributed by atoms with E-state index in [-0.39, 0.29) is 5.91 Å². The summed E-state index contributed by atoms with van der Waals surface area (Å²) in [5.74, 6) is 1.40. The van der Waals surface area contributed by atoms with Crippen molar-refractivity contribution in [2.75, 3.05) is 18.6 Å². The lowest BCUT2D eigenvalue weighted by Crippen LogP contribution is -2.42. The number of carbonyl (C=O) groups is 1. The standard InChI is InChI=1S/C37H53N2O3/c1-4-5-6-7-8-9-10-11-12-13-14-15-16-22-29-42-35-27-26-32(30-36(35)41-3)31-39(33-23-18-17-19-24-33)37(40)34-25-20-21-28-38(34)2/h17-21,23-28,30H,4-16,22,29,31H2,1-3H3/q+1. The van der Waals surface area contributed by atoms with Crippen LogP contribution in [0.5, 0.6) is 11.5 Å². The molecule has 5 nitrogen and oxygen atoms in total. The number of aryl methyl sites for hydroxylation is 1. The first-order valence-electron chi connectivity index (χ1n) is 16.2. The Hall–Kier alpha value is -3.34. The molecule has 1 heterocycles. The minimum Gasteiger partial charge on any atom is -0.493 e. The fourth-order valence-corrected chi connectivity index (χ4v) is 5.36. The Morgan fingerprint density at radius 2 is 1.31 bits per heavy atom. The highest BCUT2D eigenvalue weighted by Crippen LogP contribution is 2.30. The van der Waals surface area contributed by atoms with Crippen LogP contribution in [0.25, 0.3) is 0 Å². The number of unbranched alkanes of at least 4 members (excludes halogenated alkanes) is 13. The number of anilines is 1. The lowest BCUT2D eigenvalue weighted by molar-refractivity contribution is -0.673. The van der Waals surface area contributed by atoms with Crippen molar-refractivity contribution in [3.8, 4) is 11.5 Å². The molecule has 0 aliphatic rings. The van der Waals surface area contributed by atoms with E-state index in [0.717, 1.165) is 23.4 Å². The van der Waals surface area contributed by atoms with Crippen LogP contribution < -0.4 is 18.9 Å². The van der Waals surface area contributed by atoms with Gasteiger partial charge in [0.1, 0.15) is 7.05 Å². The number of para-hydroxylation sites is 1. The van der Waals surface area contributed by atoms with Crippen molar-refractivity contribution >= 4 is 11.6 Å². The van der Waals surface area contributed by atoms with E-state index in [9.17, 15) is 4.79 Å². The molecule has 0 spiro atoms. The Labute approximate surface area is 254 Å². The van der Waals surface area contributed by atoms with E-state index < -0.39 is 0 Å². The molecular weight excluding hydrogens is 520 g/mol. The van der Waals surface area contributed by atoms with Crippen LogP contribution in [0.15, 0.2) is 72.9 Å². The molecule has 228 valence electrons. The molecule has 0 bridgehead atoms. The molecule has 0 atom stereocenters. The van der Waals surface area contributed by atoms with Crippen molar-refractivity contribution < 1.29 is 18.8 Å². The van der Waals surface area contributed by atoms with Crippen LogP contribution >= 0.6 is 0 Å². The number of benzene rings is 2. The van der Waals surface area contributed by atoms with Crippen molar-refractivity contribution in [1.82, 2.24) is 0 Å². The second kappa shape index (κ2) is 19.7. The molecule has 1 amide bonds. The zero-order valence-electron chi connectivity index (χ0n) is 26.4. The smallest absolute Gasteiger partial charge is 0.323 e. The normalized spacial score (nSPS) is 10.9. The number of aromatic nitrogens is 1. The molecule has 0 saturated carbocycles. The molecule has 0 unspecified atom stereocenters. The van der Waals surface area contributed by atoms with Gasteiger partial charge in [-0.3, -0.25) is 9.69 Å². The maximum absolute atomic E-state index is 13.6. The maximum Gasteiger partial charge on any atom is 0.323 e. The van der Waals surface area contributed by atoms with E-state index >= 15 is 0 Å². The number of carbonyl (C=O) groups excluding carboxylic acids is 1. The number of nitrogens with zero attached hydrogens (tertiary/aromatic N) is 2. The quantitative estimate of drug-likeness (QED) is 0.0942. The van der Waals surface area contributed by atoms with E-state index in [1.54, 1.807) is 12.0 Å². The minimum absolute atomic E-state index is 0.0543. The van der Waals surface area contributed by atoms with Crippen LogP contribution in [0.4, 0.5) is 5.69 Å². The summed E-state index contributed by atoms with van der Waals surface area (Å²) in [5, 5.41) is 0. The summed E-state index contributed by atoms with van der Waals surface area (Å²) in [7, 11) is 3.56. The maximum atomic E-state index is 13.6. The Kier molecular flexibility index (Phi) is 15.6. The van der Waals surface area contributed by atoms with Crippen molar-refractivity contribution in [2.45, 2.75) is 103 Å². The SMILES string of the molecule is CCCCCCCCCCCCCCCCOc1ccc(CN(C(=O)c2cccc[n+]2C)c2ccccc2)cc1OC. The molecule has 0 N–H and O–H groups in total. The van der Waals surface area contributed by atoms with Gasteiger partial charge < -0.3 is 9.47 Å². The highest BCUT2D eigenvalue weighted by molar-refractivity contribution is 6.03. The molecular formula is C37H53N2O3+. The molecule has 5 heteroatoms. The highest BCUT2D eigenvalue weighted by Gasteiger charge is 2.25. The molecule has 3 aromatic rings. The third-order valence-corrected chi connectivity index (χ3v) is 7.91. The predicted molar refractivity (Wildman–Crippen MR) is 173 cm³/mol. The zero-order valence-corrected chi connectivity index (χ0v) is 26.4. The van der Waals surface area contributed by atoms with E-state index in [2.05, 4.69) is 6.92 Å². The second-order valence-electron chi connectivity index (χ2n) is 11.4. The molecule has 0 saturated heterocycles. The average molecular weight is 574 g/mol. The fraction of sp³-hybridized carbons (Fsp3) is 0.514. The lowest BCUT2D eigenvalue weighted by Gasteiger charge is -2.22. The fourth-order valence-electron chi connectivity index (χ4n) is 5.36. The van der Waals surface area contributed by atoms with E-state index in [4.69, 9.17) is 9.47 Å². The van der Waals surface area contributed by atoms with E-state index in [1.165, 1.54) is 83.5 Å². The number of amides is 1. The molecule has 2 aromatic carbocycles. The summed E-state index contributed by atoms with van der Waals surface area (Å²) < 4.78 is 13.6. The largest absolute Gasteiger partial charge is 0.493 e. The van der Waals surface area contributed by atoms with Crippen molar-refractivity contribution in [3.63, 3.8) is 0 Å². The molecule has 3 rings (SSSR count). The van der Waals surface area contributed by atoms with Crippen LogP contribution in [0.2, 0.25) is 0 Å². The number of ether oxygens (including phenoxy) is 2. The van der Waals surface area contributed by atoms with Gasteiger partial charge in [-0.2, -0.15) is 4.57 Å². The van der Waals surface area contributed by atoms with Crippen LogP contribution in [-0.4, -0.2) is 19.6 Å². The van der Waals surface area contributed by atoms with Crippen molar-refractivity contribution in [2.24, 2.45) is 7.05 Å². The summed E-state index contributed by atoms with van der Waals surface area (Å²) in [4.78, 5) is 15.4. The molecule has 0 fully saturated rings. The van der Waals surface area contributed by atoms with Crippen LogP contribution in [0, 0.1) is 0 Å². The molecule has 42 heavy (non-hydrogen) atoms. The highest BCUT2D eigenvalue weighted by atomic mass is 16.5. The van der Waals surface area contributed by atoms with Gasteiger partial charge in [0, 0.05) is 17.8 Å². The first kappa shape index (κ1) is 33.2. The molecule has 0 radical (unpaired) electrons. The predicted octanol–water partition coefficient (Wildman–Crippen LogP) is 9.23. The van der Waals surface area contributed by atoms with Gasteiger partial charge in [-0.25, -0.2) is 0 Å². The van der Waals surface area contributed by atoms with Crippen molar-refractivity contribution in [1.29, 1.82) is 0 Å². The number of pyridine rings is 1. The number of hydrogen-bond acceptors (Lipinski definition) is 3. The van der Waals surface area contributed by atoms with Gasteiger partial charge in [0.2, 0.25) is 0 Å². The summed E-state index contributed by atoms with van der Waals surface area (Å²) in [6.07, 6.45) is 20.7. The molecule has 1 aromatic heterocycles. The Balaban J connectivity index is 1.41. The summed E-state index contributed by atoms with van der Waals surface area (Å²) in [5.41, 5.74) is 2.45. The van der Waals surface area contributed by atoms with Gasteiger partial charge in [0.15, 0.2) is 17.7 Å². The van der Waals surface area contributed by atoms with Crippen LogP contribution in [-0.2, 0) is 13.6 Å². The van der Waals surface area contributed by atoms with E-state index in [0.29, 0.717) is 24.6 Å². The topological polar surface area (TPSA) is 42.7 Å². The van der Waals surface area contributed by atoms with Crippen LogP contribution in [0.3, 0.4) is 0 Å². The van der Waals surface area contributed by atoms with Gasteiger partial charge in [0.05, 0.1) is 20.3 Å². The summed E-state index contributed by atoms with van der Waals surface area (Å²) in [6.45, 7) is 3.39. The summed E-state index contributed by atoms with van der Waals surface area (Å²) in [6, 6.07) is 21.4. The first-order chi connectivity index (χ1) is 20.6. The monoisotopic (exact) mass is 573 g/mol. The third kappa shape index (κ3) is 11.5. The van der Waals surface area contributed by atoms with Gasteiger partial charge in [-0.05, 0) is 42.3 Å². The third-order valence-electron chi connectivity index (χ3n) is 7.91. The molecule has 0 aliphatic carbocycles. The second-order valence-corrected chi connectivity index (χ2v) is 11.4. The number of rotatable bonds is 21. The Bertz CT molecular complexity index is 1160. The van der Waals surface area contributed by atoms with Crippen LogP contribution in [0.1, 0.15) is 113 Å².